The first-order valence-corrected chi connectivity index (χ1v) is 6.58. The van der Waals surface area contributed by atoms with Gasteiger partial charge in [-0.1, -0.05) is 11.8 Å². The van der Waals surface area contributed by atoms with E-state index >= 15 is 0 Å². The molecule has 0 fully saturated rings. The monoisotopic (exact) mass is 279 g/mol. The molecular weight excluding hydrogens is 265 g/mol. The van der Waals surface area contributed by atoms with Crippen molar-refractivity contribution < 1.29 is 4.39 Å². The fourth-order valence-electron chi connectivity index (χ4n) is 1.67. The smallest absolute Gasteiger partial charge is 0.251 e. The normalized spacial score (nSPS) is 12.4. The lowest BCUT2D eigenvalue weighted by atomic mass is 10.1. The summed E-state index contributed by atoms with van der Waals surface area (Å²) < 4.78 is 13.2. The van der Waals surface area contributed by atoms with Crippen LogP contribution in [0, 0.1) is 12.7 Å². The van der Waals surface area contributed by atoms with Crippen molar-refractivity contribution >= 4 is 11.8 Å². The average Bonchev–Trinajstić information content (AvgIpc) is 2.30. The van der Waals surface area contributed by atoms with Crippen LogP contribution in [0.15, 0.2) is 39.1 Å². The van der Waals surface area contributed by atoms with E-state index in [4.69, 9.17) is 5.73 Å². The van der Waals surface area contributed by atoms with Gasteiger partial charge in [0.15, 0.2) is 5.16 Å². The molecule has 1 unspecified atom stereocenters. The largest absolute Gasteiger partial charge is 0.324 e. The van der Waals surface area contributed by atoms with Gasteiger partial charge < -0.3 is 10.7 Å². The minimum Gasteiger partial charge on any atom is -0.324 e. The molecule has 6 heteroatoms. The number of hydrogen-bond donors (Lipinski definition) is 2. The molecule has 0 aliphatic carbocycles. The summed E-state index contributed by atoms with van der Waals surface area (Å²) in [7, 11) is 0. The van der Waals surface area contributed by atoms with Crippen molar-refractivity contribution in [2.24, 2.45) is 5.73 Å². The highest BCUT2D eigenvalue weighted by molar-refractivity contribution is 7.99. The Morgan fingerprint density at radius 1 is 1.42 bits per heavy atom. The summed E-state index contributed by atoms with van der Waals surface area (Å²) in [5, 5.41) is 0.471. The highest BCUT2D eigenvalue weighted by Gasteiger charge is 2.11. The maximum absolute atomic E-state index is 13.2. The van der Waals surface area contributed by atoms with Crippen LogP contribution in [-0.2, 0) is 0 Å². The summed E-state index contributed by atoms with van der Waals surface area (Å²) in [5.41, 5.74) is 6.94. The molecule has 0 saturated carbocycles. The SMILES string of the molecule is Cc1cc(=O)[nH]c(Sc2ccc(F)cc2C(C)N)n1. The Labute approximate surface area is 114 Å². The van der Waals surface area contributed by atoms with Crippen molar-refractivity contribution in [3.63, 3.8) is 0 Å². The second-order valence-corrected chi connectivity index (χ2v) is 5.30. The molecule has 1 heterocycles. The summed E-state index contributed by atoms with van der Waals surface area (Å²) in [6, 6.07) is 5.53. The predicted octanol–water partition coefficient (Wildman–Crippen LogP) is 2.39. The molecule has 0 bridgehead atoms. The van der Waals surface area contributed by atoms with E-state index in [1.807, 2.05) is 0 Å². The maximum Gasteiger partial charge on any atom is 0.251 e. The Hall–Kier alpha value is -1.66. The van der Waals surface area contributed by atoms with Crippen molar-refractivity contribution in [3.05, 3.63) is 51.7 Å². The Balaban J connectivity index is 2.40. The number of aromatic amines is 1. The van der Waals surface area contributed by atoms with Crippen LogP contribution in [0.2, 0.25) is 0 Å². The number of nitrogens with two attached hydrogens (primary N) is 1. The van der Waals surface area contributed by atoms with E-state index in [1.165, 1.54) is 30.0 Å². The molecule has 0 aliphatic rings. The highest BCUT2D eigenvalue weighted by atomic mass is 32.2. The molecular formula is C13H14FN3OS. The van der Waals surface area contributed by atoms with Gasteiger partial charge in [-0.05, 0) is 37.6 Å². The third-order valence-electron chi connectivity index (χ3n) is 2.52. The van der Waals surface area contributed by atoms with E-state index in [-0.39, 0.29) is 17.4 Å². The Morgan fingerprint density at radius 2 is 2.16 bits per heavy atom. The van der Waals surface area contributed by atoms with E-state index in [0.29, 0.717) is 16.4 Å². The summed E-state index contributed by atoms with van der Waals surface area (Å²) in [4.78, 5) is 19.0. The van der Waals surface area contributed by atoms with E-state index in [1.54, 1.807) is 19.9 Å². The zero-order valence-electron chi connectivity index (χ0n) is 10.6. The first-order valence-electron chi connectivity index (χ1n) is 5.76. The highest BCUT2D eigenvalue weighted by Crippen LogP contribution is 2.30. The molecule has 2 rings (SSSR count). The summed E-state index contributed by atoms with van der Waals surface area (Å²) in [5.74, 6) is -0.331. The number of aromatic nitrogens is 2. The van der Waals surface area contributed by atoms with Crippen LogP contribution in [0.1, 0.15) is 24.2 Å². The van der Waals surface area contributed by atoms with Crippen LogP contribution < -0.4 is 11.3 Å². The first-order chi connectivity index (χ1) is 8.95. The quantitative estimate of drug-likeness (QED) is 0.846. The van der Waals surface area contributed by atoms with Crippen LogP contribution in [0.3, 0.4) is 0 Å². The molecule has 2 aromatic rings. The van der Waals surface area contributed by atoms with E-state index in [9.17, 15) is 9.18 Å². The molecule has 0 saturated heterocycles. The van der Waals surface area contributed by atoms with Crippen LogP contribution >= 0.6 is 11.8 Å². The summed E-state index contributed by atoms with van der Waals surface area (Å²) in [6.45, 7) is 3.53. The second kappa shape index (κ2) is 5.54. The number of nitrogens with one attached hydrogen (secondary N) is 1. The molecule has 0 amide bonds. The first kappa shape index (κ1) is 13.8. The van der Waals surface area contributed by atoms with Crippen LogP contribution in [-0.4, -0.2) is 9.97 Å². The van der Waals surface area contributed by atoms with Crippen molar-refractivity contribution in [2.45, 2.75) is 29.9 Å². The van der Waals surface area contributed by atoms with Gasteiger partial charge in [-0.3, -0.25) is 4.79 Å². The lowest BCUT2D eigenvalue weighted by Gasteiger charge is -2.12. The Morgan fingerprint density at radius 3 is 2.79 bits per heavy atom. The third kappa shape index (κ3) is 3.42. The lowest BCUT2D eigenvalue weighted by molar-refractivity contribution is 0.619. The number of aryl methyl sites for hydroxylation is 1. The molecule has 0 radical (unpaired) electrons. The Bertz CT molecular complexity index is 655. The molecule has 100 valence electrons. The average molecular weight is 279 g/mol. The van der Waals surface area contributed by atoms with Gasteiger partial charge in [-0.25, -0.2) is 9.37 Å². The van der Waals surface area contributed by atoms with Crippen molar-refractivity contribution in [3.8, 4) is 0 Å². The van der Waals surface area contributed by atoms with Gasteiger partial charge in [0.05, 0.1) is 0 Å². The van der Waals surface area contributed by atoms with Crippen molar-refractivity contribution in [2.75, 3.05) is 0 Å². The molecule has 1 aromatic heterocycles. The molecule has 1 aromatic carbocycles. The van der Waals surface area contributed by atoms with Gasteiger partial charge >= 0.3 is 0 Å². The van der Waals surface area contributed by atoms with E-state index in [0.717, 1.165) is 4.90 Å². The van der Waals surface area contributed by atoms with Crippen LogP contribution in [0.5, 0.6) is 0 Å². The topological polar surface area (TPSA) is 71.8 Å². The zero-order valence-corrected chi connectivity index (χ0v) is 11.4. The predicted molar refractivity (Wildman–Crippen MR) is 72.7 cm³/mol. The fourth-order valence-corrected chi connectivity index (χ4v) is 2.72. The molecule has 1 atom stereocenters. The molecule has 4 nitrogen and oxygen atoms in total. The van der Waals surface area contributed by atoms with E-state index in [2.05, 4.69) is 9.97 Å². The molecule has 3 N–H and O–H groups in total. The standard InChI is InChI=1S/C13H14FN3OS/c1-7-5-12(18)17-13(16-7)19-11-4-3-9(14)6-10(11)8(2)15/h3-6,8H,15H2,1-2H3,(H,16,17,18). The molecule has 19 heavy (non-hydrogen) atoms. The molecule has 0 aliphatic heterocycles. The van der Waals surface area contributed by atoms with Gasteiger partial charge in [0.2, 0.25) is 0 Å². The minimum atomic E-state index is -0.331. The number of hydrogen-bond acceptors (Lipinski definition) is 4. The lowest BCUT2D eigenvalue weighted by Crippen LogP contribution is -2.09. The van der Waals surface area contributed by atoms with Gasteiger partial charge in [0, 0.05) is 22.7 Å². The number of nitrogens with zero attached hydrogens (tertiary/aromatic N) is 1. The van der Waals surface area contributed by atoms with Gasteiger partial charge in [0.1, 0.15) is 5.82 Å². The Kier molecular flexibility index (Phi) is 4.01. The van der Waals surface area contributed by atoms with Gasteiger partial charge in [-0.2, -0.15) is 0 Å². The van der Waals surface area contributed by atoms with Crippen molar-refractivity contribution in [1.29, 1.82) is 0 Å². The van der Waals surface area contributed by atoms with Gasteiger partial charge in [0.25, 0.3) is 5.56 Å². The summed E-state index contributed by atoms with van der Waals surface area (Å²) >= 11 is 1.27. The number of H-pyrrole nitrogens is 1. The van der Waals surface area contributed by atoms with Crippen LogP contribution in [0.4, 0.5) is 4.39 Å². The molecule has 0 spiro atoms. The maximum atomic E-state index is 13.2. The fraction of sp³-hybridized carbons (Fsp3) is 0.231. The van der Waals surface area contributed by atoms with E-state index < -0.39 is 0 Å². The van der Waals surface area contributed by atoms with Crippen molar-refractivity contribution in [1.82, 2.24) is 9.97 Å². The number of benzene rings is 1. The van der Waals surface area contributed by atoms with Gasteiger partial charge in [-0.15, -0.1) is 0 Å². The number of rotatable bonds is 3. The van der Waals surface area contributed by atoms with Crippen LogP contribution in [0.25, 0.3) is 0 Å². The number of halogens is 1. The second-order valence-electron chi connectivity index (χ2n) is 4.26. The zero-order chi connectivity index (χ0) is 14.0. The summed E-state index contributed by atoms with van der Waals surface area (Å²) in [6.07, 6.45) is 0. The third-order valence-corrected chi connectivity index (χ3v) is 3.50. The minimum absolute atomic E-state index is 0.209.